The van der Waals surface area contributed by atoms with E-state index >= 15 is 0 Å². The summed E-state index contributed by atoms with van der Waals surface area (Å²) >= 11 is 0. The molecular formula is C24H35F3N4O4. The monoisotopic (exact) mass is 500 g/mol. The van der Waals surface area contributed by atoms with Crippen LogP contribution < -0.4 is 10.2 Å². The number of piperazine rings is 1. The van der Waals surface area contributed by atoms with Crippen molar-refractivity contribution in [2.24, 2.45) is 5.92 Å². The van der Waals surface area contributed by atoms with Crippen LogP contribution in [0, 0.1) is 12.8 Å². The zero-order valence-electron chi connectivity index (χ0n) is 20.3. The van der Waals surface area contributed by atoms with Gasteiger partial charge in [0.15, 0.2) is 6.10 Å². The summed E-state index contributed by atoms with van der Waals surface area (Å²) in [7, 11) is 0. The number of nitrogens with zero attached hydrogens (tertiary/aromatic N) is 3. The SMILES string of the molecule is Cc1ccc(CN2CCN(C(=O)OC(C)C(F)(F)F)CC2)c(N2CCC(CNCC(=O)O)CC2)c1. The van der Waals surface area contributed by atoms with Gasteiger partial charge in [-0.15, -0.1) is 0 Å². The highest BCUT2D eigenvalue weighted by atomic mass is 19.4. The van der Waals surface area contributed by atoms with Gasteiger partial charge < -0.3 is 25.0 Å². The van der Waals surface area contributed by atoms with Crippen LogP contribution in [0.4, 0.5) is 23.7 Å². The minimum atomic E-state index is -4.57. The van der Waals surface area contributed by atoms with Crippen LogP contribution in [0.1, 0.15) is 30.9 Å². The maximum atomic E-state index is 12.7. The van der Waals surface area contributed by atoms with Crippen molar-refractivity contribution in [1.29, 1.82) is 0 Å². The van der Waals surface area contributed by atoms with Crippen molar-refractivity contribution in [3.63, 3.8) is 0 Å². The molecule has 0 saturated carbocycles. The van der Waals surface area contributed by atoms with E-state index in [1.807, 2.05) is 0 Å². The van der Waals surface area contributed by atoms with Crippen LogP contribution in [0.3, 0.4) is 0 Å². The van der Waals surface area contributed by atoms with E-state index in [0.29, 0.717) is 45.2 Å². The minimum Gasteiger partial charge on any atom is -0.480 e. The van der Waals surface area contributed by atoms with Crippen molar-refractivity contribution >= 4 is 17.7 Å². The van der Waals surface area contributed by atoms with Crippen molar-refractivity contribution in [3.05, 3.63) is 29.3 Å². The summed E-state index contributed by atoms with van der Waals surface area (Å²) in [6.45, 7) is 7.81. The zero-order chi connectivity index (χ0) is 25.6. The predicted octanol–water partition coefficient (Wildman–Crippen LogP) is 3.09. The first-order valence-electron chi connectivity index (χ1n) is 12.0. The number of carbonyl (C=O) groups is 2. The fraction of sp³-hybridized carbons (Fsp3) is 0.667. The molecule has 196 valence electrons. The fourth-order valence-electron chi connectivity index (χ4n) is 4.49. The van der Waals surface area contributed by atoms with Crippen molar-refractivity contribution in [1.82, 2.24) is 15.1 Å². The number of rotatable bonds is 8. The number of nitrogens with one attached hydrogen (secondary N) is 1. The van der Waals surface area contributed by atoms with Crippen LogP contribution in [-0.2, 0) is 16.1 Å². The molecule has 1 aromatic carbocycles. The van der Waals surface area contributed by atoms with Gasteiger partial charge >= 0.3 is 18.2 Å². The molecule has 2 aliphatic rings. The molecule has 35 heavy (non-hydrogen) atoms. The Morgan fingerprint density at radius 3 is 2.40 bits per heavy atom. The second kappa shape index (κ2) is 11.9. The first-order chi connectivity index (χ1) is 16.5. The summed E-state index contributed by atoms with van der Waals surface area (Å²) in [6, 6.07) is 6.38. The molecule has 2 fully saturated rings. The Labute approximate surface area is 204 Å². The van der Waals surface area contributed by atoms with E-state index in [1.54, 1.807) is 0 Å². The number of hydrogen-bond acceptors (Lipinski definition) is 6. The standard InChI is InChI=1S/C24H35F3N4O4/c1-17-3-4-20(21(13-17)30-7-5-19(6-8-30)14-28-15-22(32)33)16-29-9-11-31(12-10-29)23(34)35-18(2)24(25,26)27/h3-4,13,18-19,28H,5-12,14-16H2,1-2H3,(H,32,33). The van der Waals surface area contributed by atoms with E-state index in [-0.39, 0.29) is 6.54 Å². The summed E-state index contributed by atoms with van der Waals surface area (Å²) in [5.41, 5.74) is 3.53. The van der Waals surface area contributed by atoms with Gasteiger partial charge in [0.05, 0.1) is 6.54 Å². The molecule has 0 aliphatic carbocycles. The van der Waals surface area contributed by atoms with Gasteiger partial charge in [-0.25, -0.2) is 4.79 Å². The predicted molar refractivity (Wildman–Crippen MR) is 125 cm³/mol. The lowest BCUT2D eigenvalue weighted by Crippen LogP contribution is -2.49. The lowest BCUT2D eigenvalue weighted by atomic mass is 9.95. The van der Waals surface area contributed by atoms with Gasteiger partial charge in [-0.1, -0.05) is 12.1 Å². The van der Waals surface area contributed by atoms with Gasteiger partial charge in [-0.05, 0) is 56.3 Å². The van der Waals surface area contributed by atoms with Crippen LogP contribution in [0.15, 0.2) is 18.2 Å². The van der Waals surface area contributed by atoms with E-state index in [9.17, 15) is 22.8 Å². The van der Waals surface area contributed by atoms with Crippen molar-refractivity contribution < 1.29 is 32.6 Å². The molecule has 11 heteroatoms. The second-order valence-electron chi connectivity index (χ2n) is 9.42. The fourth-order valence-corrected chi connectivity index (χ4v) is 4.49. The van der Waals surface area contributed by atoms with E-state index in [1.165, 1.54) is 21.7 Å². The van der Waals surface area contributed by atoms with Crippen molar-refractivity contribution in [2.75, 3.05) is 57.3 Å². The molecule has 8 nitrogen and oxygen atoms in total. The molecule has 0 aromatic heterocycles. The lowest BCUT2D eigenvalue weighted by molar-refractivity contribution is -0.200. The third-order valence-corrected chi connectivity index (χ3v) is 6.67. The molecule has 0 bridgehead atoms. The Kier molecular flexibility index (Phi) is 9.23. The number of hydrogen-bond donors (Lipinski definition) is 2. The number of anilines is 1. The Morgan fingerprint density at radius 2 is 1.80 bits per heavy atom. The lowest BCUT2D eigenvalue weighted by Gasteiger charge is -2.37. The van der Waals surface area contributed by atoms with Crippen LogP contribution in [0.2, 0.25) is 0 Å². The Morgan fingerprint density at radius 1 is 1.14 bits per heavy atom. The highest BCUT2D eigenvalue weighted by Crippen LogP contribution is 2.29. The molecule has 2 aliphatic heterocycles. The molecule has 1 atom stereocenters. The summed E-state index contributed by atoms with van der Waals surface area (Å²) in [5.74, 6) is -0.396. The average molecular weight is 501 g/mol. The minimum absolute atomic E-state index is 0.0193. The molecule has 3 rings (SSSR count). The van der Waals surface area contributed by atoms with E-state index in [2.05, 4.69) is 45.0 Å². The maximum Gasteiger partial charge on any atom is 0.425 e. The number of ether oxygens (including phenoxy) is 1. The van der Waals surface area contributed by atoms with Gasteiger partial charge in [0, 0.05) is 51.5 Å². The summed E-state index contributed by atoms with van der Waals surface area (Å²) in [5, 5.41) is 11.8. The number of halogens is 3. The largest absolute Gasteiger partial charge is 0.480 e. The number of aryl methyl sites for hydroxylation is 1. The number of carboxylic acid groups (broad SMARTS) is 1. The Bertz CT molecular complexity index is 867. The van der Waals surface area contributed by atoms with Gasteiger partial charge in [-0.2, -0.15) is 13.2 Å². The molecule has 1 aromatic rings. The van der Waals surface area contributed by atoms with Gasteiger partial charge in [0.25, 0.3) is 0 Å². The van der Waals surface area contributed by atoms with Crippen molar-refractivity contribution in [3.8, 4) is 0 Å². The summed E-state index contributed by atoms with van der Waals surface area (Å²) in [6.07, 6.45) is -5.65. The molecular weight excluding hydrogens is 465 g/mol. The normalized spacial score (nSPS) is 19.0. The topological polar surface area (TPSA) is 85.4 Å². The number of aliphatic carboxylic acids is 1. The van der Waals surface area contributed by atoms with Crippen LogP contribution >= 0.6 is 0 Å². The van der Waals surface area contributed by atoms with Crippen LogP contribution in [-0.4, -0.2) is 91.6 Å². The first kappa shape index (κ1) is 27.1. The Hall–Kier alpha value is -2.53. The molecule has 2 saturated heterocycles. The third kappa shape index (κ3) is 7.99. The molecule has 1 amide bonds. The third-order valence-electron chi connectivity index (χ3n) is 6.67. The van der Waals surface area contributed by atoms with Crippen LogP contribution in [0.25, 0.3) is 0 Å². The van der Waals surface area contributed by atoms with Gasteiger partial charge in [-0.3, -0.25) is 9.69 Å². The number of benzene rings is 1. The Balaban J connectivity index is 1.52. The van der Waals surface area contributed by atoms with Crippen molar-refractivity contribution in [2.45, 2.75) is 45.5 Å². The molecule has 0 spiro atoms. The quantitative estimate of drug-likeness (QED) is 0.568. The maximum absolute atomic E-state index is 12.7. The van der Waals surface area contributed by atoms with Crippen LogP contribution in [0.5, 0.6) is 0 Å². The van der Waals surface area contributed by atoms with E-state index < -0.39 is 24.3 Å². The van der Waals surface area contributed by atoms with E-state index in [0.717, 1.165) is 32.9 Å². The molecule has 0 radical (unpaired) electrons. The number of carbonyl (C=O) groups excluding carboxylic acids is 1. The number of alkyl halides is 3. The van der Waals surface area contributed by atoms with E-state index in [4.69, 9.17) is 5.11 Å². The zero-order valence-corrected chi connectivity index (χ0v) is 20.3. The highest BCUT2D eigenvalue weighted by molar-refractivity contribution is 5.69. The first-order valence-corrected chi connectivity index (χ1v) is 12.0. The van der Waals surface area contributed by atoms with Gasteiger partial charge in [0.1, 0.15) is 0 Å². The van der Waals surface area contributed by atoms with Gasteiger partial charge in [0.2, 0.25) is 0 Å². The molecule has 1 unspecified atom stereocenters. The smallest absolute Gasteiger partial charge is 0.425 e. The number of carboxylic acids is 1. The molecule has 2 heterocycles. The summed E-state index contributed by atoms with van der Waals surface area (Å²) in [4.78, 5) is 28.7. The molecule has 2 N–H and O–H groups in total. The highest BCUT2D eigenvalue weighted by Gasteiger charge is 2.40. The number of amides is 1. The average Bonchev–Trinajstić information content (AvgIpc) is 2.80. The summed E-state index contributed by atoms with van der Waals surface area (Å²) < 4.78 is 42.6. The second-order valence-corrected chi connectivity index (χ2v) is 9.42. The number of piperidine rings is 1.